The lowest BCUT2D eigenvalue weighted by molar-refractivity contribution is -0.137. The molecular formula is C25H25N5O4. The minimum atomic E-state index is -0.922. The number of ether oxygens (including phenoxy) is 1. The zero-order valence-electron chi connectivity index (χ0n) is 18.6. The highest BCUT2D eigenvalue weighted by molar-refractivity contribution is 6.00. The molecule has 2 aromatic carbocycles. The Morgan fingerprint density at radius 1 is 1.18 bits per heavy atom. The molecule has 2 aromatic heterocycles. The van der Waals surface area contributed by atoms with E-state index in [0.717, 1.165) is 35.0 Å². The number of carboxylic acid groups (broad SMARTS) is 1. The number of hydrogen-bond donors (Lipinski definition) is 2. The van der Waals surface area contributed by atoms with Crippen molar-refractivity contribution in [1.29, 1.82) is 0 Å². The molecule has 6 rings (SSSR count). The first-order valence-corrected chi connectivity index (χ1v) is 11.5. The number of rotatable bonds is 4. The molecule has 4 heterocycles. The number of carbonyl (C=O) groups excluding carboxylic acids is 1. The summed E-state index contributed by atoms with van der Waals surface area (Å²) in [5, 5.41) is 10.5. The first-order chi connectivity index (χ1) is 16.5. The molecular weight excluding hydrogens is 434 g/mol. The molecule has 1 atom stereocenters. The highest BCUT2D eigenvalue weighted by atomic mass is 16.5. The molecule has 1 unspecified atom stereocenters. The van der Waals surface area contributed by atoms with Gasteiger partial charge in [0.15, 0.2) is 5.82 Å². The lowest BCUT2D eigenvalue weighted by Crippen LogP contribution is -2.45. The standard InChI is InChI=1S/C25H25N5O4/c26-17-5-3-7-28(13-17)25(33)16-10-18-23-21(12-16)34-9-8-29(23)24(27-18)20-11-15-4-1-2-6-19(15)30(20)14-22(31)32/h1-2,4,6,10-12,17H,3,5,7-9,13-14,26H2,(H,31,32). The maximum atomic E-state index is 13.2. The second kappa shape index (κ2) is 7.88. The van der Waals surface area contributed by atoms with Crippen LogP contribution in [0.1, 0.15) is 23.2 Å². The lowest BCUT2D eigenvalue weighted by atomic mass is 10.0. The smallest absolute Gasteiger partial charge is 0.323 e. The fourth-order valence-electron chi connectivity index (χ4n) is 5.20. The third-order valence-electron chi connectivity index (χ3n) is 6.70. The van der Waals surface area contributed by atoms with E-state index in [4.69, 9.17) is 15.5 Å². The van der Waals surface area contributed by atoms with Gasteiger partial charge in [-0.15, -0.1) is 0 Å². The highest BCUT2D eigenvalue weighted by Gasteiger charge is 2.28. The number of amides is 1. The van der Waals surface area contributed by atoms with Crippen molar-refractivity contribution in [2.75, 3.05) is 19.7 Å². The van der Waals surface area contributed by atoms with Gasteiger partial charge in [-0.05, 0) is 37.1 Å². The van der Waals surface area contributed by atoms with Crippen LogP contribution in [0.3, 0.4) is 0 Å². The highest BCUT2D eigenvalue weighted by Crippen LogP contribution is 2.37. The number of carboxylic acids is 1. The van der Waals surface area contributed by atoms with E-state index >= 15 is 0 Å². The first kappa shape index (κ1) is 20.7. The number of aliphatic carboxylic acids is 1. The monoisotopic (exact) mass is 459 g/mol. The van der Waals surface area contributed by atoms with Gasteiger partial charge in [-0.3, -0.25) is 9.59 Å². The normalized spacial score (nSPS) is 17.8. The number of aromatic nitrogens is 3. The summed E-state index contributed by atoms with van der Waals surface area (Å²) in [6.45, 7) is 2.09. The molecule has 0 aliphatic carbocycles. The number of nitrogens with zero attached hydrogens (tertiary/aromatic N) is 4. The van der Waals surface area contributed by atoms with E-state index in [0.29, 0.717) is 48.9 Å². The molecule has 0 radical (unpaired) electrons. The first-order valence-electron chi connectivity index (χ1n) is 11.5. The molecule has 0 bridgehead atoms. The second-order valence-electron chi connectivity index (χ2n) is 9.00. The summed E-state index contributed by atoms with van der Waals surface area (Å²) in [6, 6.07) is 13.3. The van der Waals surface area contributed by atoms with Crippen LogP contribution in [0.15, 0.2) is 42.5 Å². The summed E-state index contributed by atoms with van der Waals surface area (Å²) in [5.74, 6) is 0.294. The van der Waals surface area contributed by atoms with Crippen LogP contribution in [0.5, 0.6) is 5.75 Å². The number of para-hydroxylation sites is 1. The number of benzene rings is 2. The average molecular weight is 460 g/mol. The fraction of sp³-hybridized carbons (Fsp3) is 0.320. The zero-order valence-corrected chi connectivity index (χ0v) is 18.6. The number of carbonyl (C=O) groups is 2. The van der Waals surface area contributed by atoms with Crippen LogP contribution in [0.25, 0.3) is 33.5 Å². The number of piperidine rings is 1. The Morgan fingerprint density at radius 2 is 2.03 bits per heavy atom. The summed E-state index contributed by atoms with van der Waals surface area (Å²) >= 11 is 0. The van der Waals surface area contributed by atoms with E-state index in [2.05, 4.69) is 4.57 Å². The predicted octanol–water partition coefficient (Wildman–Crippen LogP) is 2.70. The van der Waals surface area contributed by atoms with Crippen molar-refractivity contribution in [2.45, 2.75) is 32.0 Å². The topological polar surface area (TPSA) is 116 Å². The Labute approximate surface area is 195 Å². The largest absolute Gasteiger partial charge is 0.489 e. The van der Waals surface area contributed by atoms with E-state index < -0.39 is 5.97 Å². The Bertz CT molecular complexity index is 1450. The second-order valence-corrected chi connectivity index (χ2v) is 9.00. The maximum Gasteiger partial charge on any atom is 0.323 e. The molecule has 9 heteroatoms. The van der Waals surface area contributed by atoms with Gasteiger partial charge >= 0.3 is 5.97 Å². The summed E-state index contributed by atoms with van der Waals surface area (Å²) < 4.78 is 9.78. The predicted molar refractivity (Wildman–Crippen MR) is 127 cm³/mol. The molecule has 1 saturated heterocycles. The average Bonchev–Trinajstić information content (AvgIpc) is 3.38. The number of nitrogens with two attached hydrogens (primary N) is 1. The third-order valence-corrected chi connectivity index (χ3v) is 6.70. The van der Waals surface area contributed by atoms with E-state index in [1.807, 2.05) is 30.3 Å². The number of imidazole rings is 1. The van der Waals surface area contributed by atoms with Crippen LogP contribution >= 0.6 is 0 Å². The summed E-state index contributed by atoms with van der Waals surface area (Å²) in [5.41, 5.74) is 9.65. The molecule has 9 nitrogen and oxygen atoms in total. The molecule has 174 valence electrons. The summed E-state index contributed by atoms with van der Waals surface area (Å²) in [7, 11) is 0. The number of fused-ring (bicyclic) bond motifs is 1. The quantitative estimate of drug-likeness (QED) is 0.485. The summed E-state index contributed by atoms with van der Waals surface area (Å²) in [6.07, 6.45) is 1.82. The van der Waals surface area contributed by atoms with Gasteiger partial charge in [0.1, 0.15) is 24.4 Å². The SMILES string of the molecule is NC1CCCN(C(=O)c2cc3c4c(c2)nc(-c2cc5ccccc5n2CC(=O)O)n4CCO3)C1. The molecule has 2 aliphatic rings. The van der Waals surface area contributed by atoms with Crippen LogP contribution in [-0.4, -0.2) is 61.7 Å². The van der Waals surface area contributed by atoms with Crippen molar-refractivity contribution < 1.29 is 19.4 Å². The van der Waals surface area contributed by atoms with E-state index in [9.17, 15) is 14.7 Å². The van der Waals surface area contributed by atoms with Gasteiger partial charge in [-0.1, -0.05) is 18.2 Å². The van der Waals surface area contributed by atoms with Crippen molar-refractivity contribution in [3.05, 3.63) is 48.0 Å². The van der Waals surface area contributed by atoms with Crippen LogP contribution < -0.4 is 10.5 Å². The lowest BCUT2D eigenvalue weighted by Gasteiger charge is -2.31. The van der Waals surface area contributed by atoms with Gasteiger partial charge in [0.2, 0.25) is 0 Å². The van der Waals surface area contributed by atoms with Crippen molar-refractivity contribution >= 4 is 33.8 Å². The fourth-order valence-corrected chi connectivity index (χ4v) is 5.20. The van der Waals surface area contributed by atoms with Crippen LogP contribution in [-0.2, 0) is 17.9 Å². The van der Waals surface area contributed by atoms with Crippen LogP contribution in [0, 0.1) is 0 Å². The summed E-state index contributed by atoms with van der Waals surface area (Å²) in [4.78, 5) is 31.6. The van der Waals surface area contributed by atoms with E-state index in [1.54, 1.807) is 21.6 Å². The molecule has 2 aliphatic heterocycles. The van der Waals surface area contributed by atoms with E-state index in [-0.39, 0.29) is 18.5 Å². The van der Waals surface area contributed by atoms with E-state index in [1.165, 1.54) is 0 Å². The molecule has 0 spiro atoms. The van der Waals surface area contributed by atoms with Gasteiger partial charge in [0.25, 0.3) is 5.91 Å². The molecule has 34 heavy (non-hydrogen) atoms. The van der Waals surface area contributed by atoms with Gasteiger partial charge in [-0.2, -0.15) is 0 Å². The van der Waals surface area contributed by atoms with Crippen molar-refractivity contribution in [1.82, 2.24) is 19.0 Å². The molecule has 1 fully saturated rings. The van der Waals surface area contributed by atoms with Gasteiger partial charge < -0.3 is 29.6 Å². The number of hydrogen-bond acceptors (Lipinski definition) is 5. The minimum Gasteiger partial charge on any atom is -0.489 e. The Morgan fingerprint density at radius 3 is 2.85 bits per heavy atom. The molecule has 1 amide bonds. The van der Waals surface area contributed by atoms with Gasteiger partial charge in [0, 0.05) is 35.6 Å². The van der Waals surface area contributed by atoms with Gasteiger partial charge in [0.05, 0.1) is 17.8 Å². The Balaban J connectivity index is 1.50. The van der Waals surface area contributed by atoms with Crippen LogP contribution in [0.2, 0.25) is 0 Å². The maximum absolute atomic E-state index is 13.2. The Kier molecular flexibility index (Phi) is 4.80. The van der Waals surface area contributed by atoms with Crippen LogP contribution in [0.4, 0.5) is 0 Å². The minimum absolute atomic E-state index is 0.00185. The number of likely N-dealkylation sites (tertiary alicyclic amines) is 1. The Hall–Kier alpha value is -3.85. The molecule has 3 N–H and O–H groups in total. The van der Waals surface area contributed by atoms with Crippen molar-refractivity contribution in [3.8, 4) is 17.3 Å². The van der Waals surface area contributed by atoms with Crippen molar-refractivity contribution in [2.24, 2.45) is 5.73 Å². The third kappa shape index (κ3) is 3.31. The molecule has 0 saturated carbocycles. The molecule has 4 aromatic rings. The zero-order chi connectivity index (χ0) is 23.4. The van der Waals surface area contributed by atoms with Crippen molar-refractivity contribution in [3.63, 3.8) is 0 Å². The van der Waals surface area contributed by atoms with Gasteiger partial charge in [-0.25, -0.2) is 4.98 Å².